The second-order valence-electron chi connectivity index (χ2n) is 4.58. The number of anilines is 2. The molecule has 6 nitrogen and oxygen atoms in total. The van der Waals surface area contributed by atoms with Crippen LogP contribution in [0, 0.1) is 0 Å². The van der Waals surface area contributed by atoms with Crippen molar-refractivity contribution in [2.45, 2.75) is 6.54 Å². The molecule has 0 aliphatic rings. The molecule has 6 heteroatoms. The number of hydrogen-bond donors (Lipinski definition) is 4. The fraction of sp³-hybridized carbons (Fsp3) is 0.0667. The number of amides is 2. The second kappa shape index (κ2) is 5.96. The van der Waals surface area contributed by atoms with Gasteiger partial charge in [0.05, 0.1) is 0 Å². The highest BCUT2D eigenvalue weighted by atomic mass is 16.1. The van der Waals surface area contributed by atoms with E-state index in [0.717, 1.165) is 5.56 Å². The first kappa shape index (κ1) is 14.4. The highest BCUT2D eigenvalue weighted by molar-refractivity contribution is 5.99. The van der Waals surface area contributed by atoms with Gasteiger partial charge in [0, 0.05) is 29.0 Å². The molecule has 0 saturated carbocycles. The Kier molecular flexibility index (Phi) is 4.08. The zero-order valence-electron chi connectivity index (χ0n) is 11.3. The van der Waals surface area contributed by atoms with Crippen LogP contribution in [0.3, 0.4) is 0 Å². The average molecular weight is 284 g/mol. The third kappa shape index (κ3) is 3.50. The predicted octanol–water partition coefficient (Wildman–Crippen LogP) is 1.08. The van der Waals surface area contributed by atoms with Crippen LogP contribution in [0.1, 0.15) is 26.3 Å². The number of hydrogen-bond acceptors (Lipinski definition) is 4. The molecule has 0 aliphatic carbocycles. The SMILES string of the molecule is NC(=O)c1cc(NCc2ccccc2N)cc(C(N)=O)c1. The van der Waals surface area contributed by atoms with Crippen LogP contribution in [-0.2, 0) is 6.54 Å². The van der Waals surface area contributed by atoms with E-state index in [2.05, 4.69) is 5.32 Å². The van der Waals surface area contributed by atoms with Gasteiger partial charge in [0.1, 0.15) is 0 Å². The molecule has 0 aliphatic heterocycles. The Morgan fingerprint density at radius 1 is 0.952 bits per heavy atom. The number of carbonyl (C=O) groups excluding carboxylic acids is 2. The van der Waals surface area contributed by atoms with Crippen molar-refractivity contribution in [1.82, 2.24) is 0 Å². The average Bonchev–Trinajstić information content (AvgIpc) is 2.46. The third-order valence-corrected chi connectivity index (χ3v) is 3.04. The Labute approximate surface area is 121 Å². The van der Waals surface area contributed by atoms with Gasteiger partial charge in [-0.3, -0.25) is 9.59 Å². The predicted molar refractivity (Wildman–Crippen MR) is 81.7 cm³/mol. The molecule has 2 amide bonds. The lowest BCUT2D eigenvalue weighted by Gasteiger charge is -2.11. The summed E-state index contributed by atoms with van der Waals surface area (Å²) in [5.74, 6) is -1.25. The van der Waals surface area contributed by atoms with Gasteiger partial charge >= 0.3 is 0 Å². The van der Waals surface area contributed by atoms with Gasteiger partial charge in [-0.2, -0.15) is 0 Å². The van der Waals surface area contributed by atoms with Crippen molar-refractivity contribution in [1.29, 1.82) is 0 Å². The summed E-state index contributed by atoms with van der Waals surface area (Å²) in [5, 5.41) is 3.10. The first-order valence-electron chi connectivity index (χ1n) is 6.29. The summed E-state index contributed by atoms with van der Waals surface area (Å²) in [4.78, 5) is 22.6. The fourth-order valence-corrected chi connectivity index (χ4v) is 1.91. The number of carbonyl (C=O) groups is 2. The van der Waals surface area contributed by atoms with Crippen molar-refractivity contribution >= 4 is 23.2 Å². The van der Waals surface area contributed by atoms with Gasteiger partial charge in [-0.05, 0) is 29.8 Å². The largest absolute Gasteiger partial charge is 0.398 e. The van der Waals surface area contributed by atoms with Crippen molar-refractivity contribution in [2.24, 2.45) is 11.5 Å². The van der Waals surface area contributed by atoms with E-state index >= 15 is 0 Å². The molecule has 0 saturated heterocycles. The van der Waals surface area contributed by atoms with Gasteiger partial charge in [0.15, 0.2) is 0 Å². The summed E-state index contributed by atoms with van der Waals surface area (Å²) in [5.41, 5.74) is 18.9. The van der Waals surface area contributed by atoms with Crippen LogP contribution in [0.25, 0.3) is 0 Å². The van der Waals surface area contributed by atoms with Crippen LogP contribution < -0.4 is 22.5 Å². The molecule has 0 spiro atoms. The molecular formula is C15H16N4O2. The van der Waals surface area contributed by atoms with E-state index in [1.54, 1.807) is 18.2 Å². The van der Waals surface area contributed by atoms with Crippen LogP contribution in [0.15, 0.2) is 42.5 Å². The first-order valence-corrected chi connectivity index (χ1v) is 6.29. The number of nitrogens with two attached hydrogens (primary N) is 3. The van der Waals surface area contributed by atoms with Crippen LogP contribution >= 0.6 is 0 Å². The molecule has 2 aromatic rings. The molecule has 0 fully saturated rings. The number of nitrogens with one attached hydrogen (secondary N) is 1. The van der Waals surface area contributed by atoms with Crippen LogP contribution in [0.2, 0.25) is 0 Å². The maximum atomic E-state index is 11.3. The Balaban J connectivity index is 2.25. The normalized spacial score (nSPS) is 10.1. The molecule has 2 aromatic carbocycles. The summed E-state index contributed by atoms with van der Waals surface area (Å²) in [6.07, 6.45) is 0. The molecular weight excluding hydrogens is 268 g/mol. The number of para-hydroxylation sites is 1. The molecule has 0 unspecified atom stereocenters. The molecule has 21 heavy (non-hydrogen) atoms. The Bertz CT molecular complexity index is 666. The number of primary amides is 2. The van der Waals surface area contributed by atoms with E-state index < -0.39 is 11.8 Å². The van der Waals surface area contributed by atoms with Crippen molar-refractivity contribution < 1.29 is 9.59 Å². The molecule has 108 valence electrons. The molecule has 0 atom stereocenters. The topological polar surface area (TPSA) is 124 Å². The van der Waals surface area contributed by atoms with Crippen molar-refractivity contribution in [3.05, 3.63) is 59.2 Å². The highest BCUT2D eigenvalue weighted by Gasteiger charge is 2.09. The van der Waals surface area contributed by atoms with E-state index in [4.69, 9.17) is 17.2 Å². The maximum Gasteiger partial charge on any atom is 0.248 e. The van der Waals surface area contributed by atoms with Gasteiger partial charge < -0.3 is 22.5 Å². The minimum Gasteiger partial charge on any atom is -0.398 e. The second-order valence-corrected chi connectivity index (χ2v) is 4.58. The van der Waals surface area contributed by atoms with Crippen molar-refractivity contribution in [3.63, 3.8) is 0 Å². The summed E-state index contributed by atoms with van der Waals surface area (Å²) < 4.78 is 0. The van der Waals surface area contributed by atoms with Crippen molar-refractivity contribution in [3.8, 4) is 0 Å². The maximum absolute atomic E-state index is 11.3. The molecule has 0 bridgehead atoms. The minimum atomic E-state index is -0.625. The van der Waals surface area contributed by atoms with Crippen molar-refractivity contribution in [2.75, 3.05) is 11.1 Å². The highest BCUT2D eigenvalue weighted by Crippen LogP contribution is 2.17. The van der Waals surface area contributed by atoms with E-state index in [9.17, 15) is 9.59 Å². The lowest BCUT2D eigenvalue weighted by molar-refractivity contribution is 0.0999. The number of benzene rings is 2. The molecule has 0 aromatic heterocycles. The third-order valence-electron chi connectivity index (χ3n) is 3.04. The fourth-order valence-electron chi connectivity index (χ4n) is 1.91. The van der Waals surface area contributed by atoms with Gasteiger partial charge in [-0.15, -0.1) is 0 Å². The zero-order valence-corrected chi connectivity index (χ0v) is 11.3. The van der Waals surface area contributed by atoms with Gasteiger partial charge in [0.2, 0.25) is 11.8 Å². The monoisotopic (exact) mass is 284 g/mol. The van der Waals surface area contributed by atoms with E-state index in [1.165, 1.54) is 6.07 Å². The van der Waals surface area contributed by atoms with E-state index in [1.807, 2.05) is 18.2 Å². The van der Waals surface area contributed by atoms with Crippen LogP contribution in [0.4, 0.5) is 11.4 Å². The van der Waals surface area contributed by atoms with Crippen LogP contribution in [-0.4, -0.2) is 11.8 Å². The standard InChI is InChI=1S/C15H16N4O2/c16-13-4-2-1-3-9(13)8-19-12-6-10(14(17)20)5-11(7-12)15(18)21/h1-7,19H,8,16H2,(H2,17,20)(H2,18,21). The summed E-state index contributed by atoms with van der Waals surface area (Å²) in [6, 6.07) is 11.9. The minimum absolute atomic E-state index is 0.217. The smallest absolute Gasteiger partial charge is 0.248 e. The quantitative estimate of drug-likeness (QED) is 0.613. The van der Waals surface area contributed by atoms with Gasteiger partial charge in [0.25, 0.3) is 0 Å². The Morgan fingerprint density at radius 3 is 2.05 bits per heavy atom. The zero-order chi connectivity index (χ0) is 15.4. The van der Waals surface area contributed by atoms with Gasteiger partial charge in [-0.1, -0.05) is 18.2 Å². The molecule has 7 N–H and O–H groups in total. The lowest BCUT2D eigenvalue weighted by atomic mass is 10.1. The number of rotatable bonds is 5. The van der Waals surface area contributed by atoms with E-state index in [0.29, 0.717) is 17.9 Å². The summed E-state index contributed by atoms with van der Waals surface area (Å²) >= 11 is 0. The first-order chi connectivity index (χ1) is 9.97. The molecule has 0 heterocycles. The number of nitrogen functional groups attached to an aromatic ring is 1. The summed E-state index contributed by atoms with van der Waals surface area (Å²) in [6.45, 7) is 0.451. The Morgan fingerprint density at radius 2 is 1.52 bits per heavy atom. The van der Waals surface area contributed by atoms with E-state index in [-0.39, 0.29) is 11.1 Å². The Hall–Kier alpha value is -3.02. The molecule has 0 radical (unpaired) electrons. The molecule has 2 rings (SSSR count). The summed E-state index contributed by atoms with van der Waals surface area (Å²) in [7, 11) is 0. The van der Waals surface area contributed by atoms with Gasteiger partial charge in [-0.25, -0.2) is 0 Å². The van der Waals surface area contributed by atoms with Crippen LogP contribution in [0.5, 0.6) is 0 Å². The lowest BCUT2D eigenvalue weighted by Crippen LogP contribution is -2.16.